The minimum Gasteiger partial charge on any atom is -0.490 e. The van der Waals surface area contributed by atoms with Crippen molar-refractivity contribution >= 4 is 5.91 Å². The molecule has 1 amide bonds. The molecule has 0 radical (unpaired) electrons. The summed E-state index contributed by atoms with van der Waals surface area (Å²) >= 11 is 0. The Balaban J connectivity index is 1.61. The summed E-state index contributed by atoms with van der Waals surface area (Å²) in [5.41, 5.74) is 6.62. The maximum absolute atomic E-state index is 11.2. The number of para-hydroxylation sites is 1. The highest BCUT2D eigenvalue weighted by molar-refractivity contribution is 5.74. The zero-order valence-electron chi connectivity index (χ0n) is 13.9. The number of ether oxygens (including phenoxy) is 1. The Morgan fingerprint density at radius 1 is 1.17 bits per heavy atom. The molecule has 0 unspecified atom stereocenters. The van der Waals surface area contributed by atoms with Crippen LogP contribution in [0.3, 0.4) is 0 Å². The van der Waals surface area contributed by atoms with Crippen LogP contribution in [0.5, 0.6) is 5.75 Å². The molecule has 0 spiro atoms. The maximum Gasteiger partial charge on any atom is 0.217 e. The summed E-state index contributed by atoms with van der Waals surface area (Å²) in [5, 5.41) is 0. The van der Waals surface area contributed by atoms with Gasteiger partial charge in [0.1, 0.15) is 5.75 Å². The first-order valence-corrected chi connectivity index (χ1v) is 8.96. The minimum absolute atomic E-state index is 0.179. The van der Waals surface area contributed by atoms with E-state index in [9.17, 15) is 4.79 Å². The fourth-order valence-corrected chi connectivity index (χ4v) is 3.92. The van der Waals surface area contributed by atoms with E-state index in [4.69, 9.17) is 10.5 Å². The Labute approximate surface area is 139 Å². The van der Waals surface area contributed by atoms with E-state index in [0.717, 1.165) is 38.2 Å². The van der Waals surface area contributed by atoms with E-state index in [-0.39, 0.29) is 5.91 Å². The zero-order chi connectivity index (χ0) is 16.1. The summed E-state index contributed by atoms with van der Waals surface area (Å²) in [5.74, 6) is 1.27. The van der Waals surface area contributed by atoms with Gasteiger partial charge in [-0.15, -0.1) is 0 Å². The van der Waals surface area contributed by atoms with Crippen LogP contribution in [0.2, 0.25) is 0 Å². The molecule has 4 heteroatoms. The zero-order valence-corrected chi connectivity index (χ0v) is 13.9. The van der Waals surface area contributed by atoms with Crippen LogP contribution in [0.15, 0.2) is 24.3 Å². The number of carbonyl (C=O) groups is 1. The normalized spacial score (nSPS) is 23.0. The van der Waals surface area contributed by atoms with E-state index in [1.165, 1.54) is 31.2 Å². The number of carbonyl (C=O) groups excluding carboxylic acids is 1. The predicted molar refractivity (Wildman–Crippen MR) is 91.1 cm³/mol. The first-order chi connectivity index (χ1) is 11.2. The van der Waals surface area contributed by atoms with E-state index in [0.29, 0.717) is 18.4 Å². The monoisotopic (exact) mass is 316 g/mol. The Morgan fingerprint density at radius 3 is 2.74 bits per heavy atom. The van der Waals surface area contributed by atoms with Crippen molar-refractivity contribution in [2.24, 2.45) is 11.7 Å². The summed E-state index contributed by atoms with van der Waals surface area (Å²) in [7, 11) is 0. The SMILES string of the molecule is NC(=O)C[C@@H]1CCCN(Cc2ccccc2OC2CCCC2)C1. The molecule has 3 rings (SSSR count). The molecule has 1 saturated carbocycles. The molecular formula is C19H28N2O2. The number of primary amides is 1. The van der Waals surface area contributed by atoms with Crippen molar-refractivity contribution < 1.29 is 9.53 Å². The molecule has 23 heavy (non-hydrogen) atoms. The number of likely N-dealkylation sites (tertiary alicyclic amines) is 1. The molecule has 4 nitrogen and oxygen atoms in total. The van der Waals surface area contributed by atoms with Crippen LogP contribution in [0.1, 0.15) is 50.5 Å². The number of hydrogen-bond donors (Lipinski definition) is 1. The second kappa shape index (κ2) is 7.82. The molecule has 1 heterocycles. The van der Waals surface area contributed by atoms with Gasteiger partial charge < -0.3 is 10.5 Å². The molecule has 1 atom stereocenters. The third kappa shape index (κ3) is 4.71. The lowest BCUT2D eigenvalue weighted by Crippen LogP contribution is -2.36. The molecule has 2 fully saturated rings. The fraction of sp³-hybridized carbons (Fsp3) is 0.632. The first-order valence-electron chi connectivity index (χ1n) is 8.96. The van der Waals surface area contributed by atoms with Gasteiger partial charge in [0.05, 0.1) is 6.10 Å². The van der Waals surface area contributed by atoms with Crippen molar-refractivity contribution in [3.05, 3.63) is 29.8 Å². The Morgan fingerprint density at radius 2 is 1.96 bits per heavy atom. The van der Waals surface area contributed by atoms with E-state index in [1.807, 2.05) is 0 Å². The van der Waals surface area contributed by atoms with Crippen LogP contribution in [-0.2, 0) is 11.3 Å². The lowest BCUT2D eigenvalue weighted by molar-refractivity contribution is -0.119. The van der Waals surface area contributed by atoms with Crippen LogP contribution in [0.25, 0.3) is 0 Å². The lowest BCUT2D eigenvalue weighted by Gasteiger charge is -2.32. The smallest absolute Gasteiger partial charge is 0.217 e. The van der Waals surface area contributed by atoms with Crippen LogP contribution >= 0.6 is 0 Å². The number of hydrogen-bond acceptors (Lipinski definition) is 3. The molecule has 1 aliphatic heterocycles. The highest BCUT2D eigenvalue weighted by atomic mass is 16.5. The van der Waals surface area contributed by atoms with Crippen LogP contribution in [-0.4, -0.2) is 30.0 Å². The summed E-state index contributed by atoms with van der Waals surface area (Å²) in [6.07, 6.45) is 8.08. The summed E-state index contributed by atoms with van der Waals surface area (Å²) < 4.78 is 6.24. The molecule has 2 aliphatic rings. The number of piperidine rings is 1. The number of amides is 1. The predicted octanol–water partition coefficient (Wildman–Crippen LogP) is 3.10. The van der Waals surface area contributed by atoms with Gasteiger partial charge in [-0.05, 0) is 57.1 Å². The lowest BCUT2D eigenvalue weighted by atomic mass is 9.94. The third-order valence-corrected chi connectivity index (χ3v) is 5.06. The van der Waals surface area contributed by atoms with Crippen molar-refractivity contribution in [3.8, 4) is 5.75 Å². The van der Waals surface area contributed by atoms with Gasteiger partial charge in [-0.1, -0.05) is 18.2 Å². The number of nitrogens with zero attached hydrogens (tertiary/aromatic N) is 1. The van der Waals surface area contributed by atoms with E-state index in [1.54, 1.807) is 0 Å². The molecule has 1 saturated heterocycles. The number of rotatable bonds is 6. The van der Waals surface area contributed by atoms with E-state index in [2.05, 4.69) is 29.2 Å². The van der Waals surface area contributed by atoms with Gasteiger partial charge in [-0.25, -0.2) is 0 Å². The number of benzene rings is 1. The first kappa shape index (κ1) is 16.3. The van der Waals surface area contributed by atoms with Gasteiger partial charge >= 0.3 is 0 Å². The van der Waals surface area contributed by atoms with Crippen LogP contribution in [0, 0.1) is 5.92 Å². The molecular weight excluding hydrogens is 288 g/mol. The van der Waals surface area contributed by atoms with Gasteiger partial charge in [0, 0.05) is 25.1 Å². The average Bonchev–Trinajstić information content (AvgIpc) is 3.02. The Kier molecular flexibility index (Phi) is 5.55. The van der Waals surface area contributed by atoms with Crippen LogP contribution in [0.4, 0.5) is 0 Å². The second-order valence-electron chi connectivity index (χ2n) is 7.05. The van der Waals surface area contributed by atoms with Gasteiger partial charge in [-0.3, -0.25) is 9.69 Å². The standard InChI is InChI=1S/C19H28N2O2/c20-19(22)12-15-6-5-11-21(13-15)14-16-7-1-4-10-18(16)23-17-8-2-3-9-17/h1,4,7,10,15,17H,2-3,5-6,8-9,11-14H2,(H2,20,22)/t15-/m0/s1. The molecule has 1 aromatic rings. The molecule has 0 aromatic heterocycles. The van der Waals surface area contributed by atoms with Crippen molar-refractivity contribution in [1.82, 2.24) is 4.90 Å². The average molecular weight is 316 g/mol. The van der Waals surface area contributed by atoms with Crippen molar-refractivity contribution in [2.45, 2.75) is 57.6 Å². The minimum atomic E-state index is -0.179. The Hall–Kier alpha value is -1.55. The van der Waals surface area contributed by atoms with Crippen molar-refractivity contribution in [1.29, 1.82) is 0 Å². The number of nitrogens with two attached hydrogens (primary N) is 1. The van der Waals surface area contributed by atoms with Gasteiger partial charge in [0.2, 0.25) is 5.91 Å². The second-order valence-corrected chi connectivity index (χ2v) is 7.05. The molecule has 0 bridgehead atoms. The third-order valence-electron chi connectivity index (χ3n) is 5.06. The fourth-order valence-electron chi connectivity index (χ4n) is 3.92. The maximum atomic E-state index is 11.2. The van der Waals surface area contributed by atoms with E-state index >= 15 is 0 Å². The van der Waals surface area contributed by atoms with Crippen LogP contribution < -0.4 is 10.5 Å². The topological polar surface area (TPSA) is 55.6 Å². The van der Waals surface area contributed by atoms with Crippen molar-refractivity contribution in [3.63, 3.8) is 0 Å². The molecule has 1 aliphatic carbocycles. The largest absolute Gasteiger partial charge is 0.490 e. The van der Waals surface area contributed by atoms with Gasteiger partial charge in [0.15, 0.2) is 0 Å². The molecule has 1 aromatic carbocycles. The highest BCUT2D eigenvalue weighted by Gasteiger charge is 2.23. The quantitative estimate of drug-likeness (QED) is 0.877. The summed E-state index contributed by atoms with van der Waals surface area (Å²) in [6.45, 7) is 2.95. The highest BCUT2D eigenvalue weighted by Crippen LogP contribution is 2.28. The summed E-state index contributed by atoms with van der Waals surface area (Å²) in [6, 6.07) is 8.40. The Bertz CT molecular complexity index is 526. The van der Waals surface area contributed by atoms with E-state index < -0.39 is 0 Å². The van der Waals surface area contributed by atoms with Gasteiger partial charge in [0.25, 0.3) is 0 Å². The van der Waals surface area contributed by atoms with Gasteiger partial charge in [-0.2, -0.15) is 0 Å². The molecule has 2 N–H and O–H groups in total. The van der Waals surface area contributed by atoms with Crippen molar-refractivity contribution in [2.75, 3.05) is 13.1 Å². The molecule has 126 valence electrons. The summed E-state index contributed by atoms with van der Waals surface area (Å²) in [4.78, 5) is 13.6.